The molecule has 1 aromatic rings. The van der Waals surface area contributed by atoms with Crippen molar-refractivity contribution in [3.63, 3.8) is 0 Å². The Morgan fingerprint density at radius 1 is 1.31 bits per heavy atom. The number of rotatable bonds is 2. The predicted molar refractivity (Wildman–Crippen MR) is 51.4 cm³/mol. The van der Waals surface area contributed by atoms with E-state index in [1.165, 1.54) is 0 Å². The molecule has 0 saturated heterocycles. The average molecular weight is 228 g/mol. The van der Waals surface area contributed by atoms with Crippen LogP contribution < -0.4 is 5.32 Å². The number of nitrogens with one attached hydrogen (secondary N) is 1. The molecule has 1 aromatic carbocycles. The summed E-state index contributed by atoms with van der Waals surface area (Å²) < 4.78 is 25.7. The Bertz CT molecular complexity index is 292. The summed E-state index contributed by atoms with van der Waals surface area (Å²) in [7, 11) is 1.64. The SMILES string of the molecule is CNCc1c(F)ccc(F)c1Cl.Cl. The van der Waals surface area contributed by atoms with E-state index in [4.69, 9.17) is 11.6 Å². The van der Waals surface area contributed by atoms with Gasteiger partial charge in [-0.05, 0) is 19.2 Å². The van der Waals surface area contributed by atoms with Gasteiger partial charge < -0.3 is 5.32 Å². The van der Waals surface area contributed by atoms with Crippen molar-refractivity contribution in [2.24, 2.45) is 0 Å². The Hall–Kier alpha value is -0.380. The van der Waals surface area contributed by atoms with Crippen molar-refractivity contribution >= 4 is 24.0 Å². The van der Waals surface area contributed by atoms with Gasteiger partial charge in [-0.25, -0.2) is 8.78 Å². The molecule has 74 valence electrons. The first-order valence-corrected chi connectivity index (χ1v) is 3.81. The van der Waals surface area contributed by atoms with Gasteiger partial charge in [0.05, 0.1) is 5.02 Å². The van der Waals surface area contributed by atoms with Crippen molar-refractivity contribution in [2.75, 3.05) is 7.05 Å². The van der Waals surface area contributed by atoms with Gasteiger partial charge in [0.1, 0.15) is 11.6 Å². The van der Waals surface area contributed by atoms with Gasteiger partial charge in [-0.15, -0.1) is 12.4 Å². The van der Waals surface area contributed by atoms with Gasteiger partial charge in [-0.3, -0.25) is 0 Å². The molecular formula is C8H9Cl2F2N. The first-order valence-electron chi connectivity index (χ1n) is 3.43. The Morgan fingerprint density at radius 2 is 1.85 bits per heavy atom. The summed E-state index contributed by atoms with van der Waals surface area (Å²) in [6.45, 7) is 0.225. The van der Waals surface area contributed by atoms with E-state index in [1.54, 1.807) is 7.05 Å². The van der Waals surface area contributed by atoms with E-state index in [9.17, 15) is 8.78 Å². The molecule has 1 nitrogen and oxygen atoms in total. The molecule has 0 aromatic heterocycles. The minimum Gasteiger partial charge on any atom is -0.316 e. The molecule has 0 amide bonds. The number of halogens is 4. The second-order valence-electron chi connectivity index (χ2n) is 2.35. The maximum atomic E-state index is 12.9. The molecule has 0 aliphatic rings. The molecule has 0 aliphatic carbocycles. The van der Waals surface area contributed by atoms with Crippen molar-refractivity contribution in [1.29, 1.82) is 0 Å². The molecule has 13 heavy (non-hydrogen) atoms. The topological polar surface area (TPSA) is 12.0 Å². The van der Waals surface area contributed by atoms with Crippen molar-refractivity contribution in [1.82, 2.24) is 5.32 Å². The first kappa shape index (κ1) is 12.6. The summed E-state index contributed by atoms with van der Waals surface area (Å²) in [6.07, 6.45) is 0. The van der Waals surface area contributed by atoms with E-state index in [0.29, 0.717) is 0 Å². The largest absolute Gasteiger partial charge is 0.316 e. The first-order chi connectivity index (χ1) is 5.66. The molecule has 0 saturated carbocycles. The van der Waals surface area contributed by atoms with Crippen LogP contribution in [0.15, 0.2) is 12.1 Å². The summed E-state index contributed by atoms with van der Waals surface area (Å²) in [6, 6.07) is 2.07. The van der Waals surface area contributed by atoms with Crippen molar-refractivity contribution < 1.29 is 8.78 Å². The lowest BCUT2D eigenvalue weighted by Crippen LogP contribution is -2.08. The van der Waals surface area contributed by atoms with Crippen LogP contribution in [0.2, 0.25) is 5.02 Å². The van der Waals surface area contributed by atoms with Gasteiger partial charge >= 0.3 is 0 Å². The molecule has 5 heteroatoms. The van der Waals surface area contributed by atoms with E-state index in [0.717, 1.165) is 12.1 Å². The van der Waals surface area contributed by atoms with Crippen LogP contribution in [-0.4, -0.2) is 7.05 Å². The summed E-state index contributed by atoms with van der Waals surface area (Å²) in [5.74, 6) is -1.08. The fourth-order valence-electron chi connectivity index (χ4n) is 0.908. The van der Waals surface area contributed by atoms with Gasteiger partial charge in [0.15, 0.2) is 0 Å². The Morgan fingerprint density at radius 3 is 2.38 bits per heavy atom. The van der Waals surface area contributed by atoms with Crippen LogP contribution in [0.5, 0.6) is 0 Å². The minimum atomic E-state index is -0.594. The highest BCUT2D eigenvalue weighted by Gasteiger charge is 2.10. The molecule has 0 radical (unpaired) electrons. The molecule has 0 atom stereocenters. The standard InChI is InChI=1S/C8H8ClF2N.ClH/c1-12-4-5-6(10)2-3-7(11)8(5)9;/h2-3,12H,4H2,1H3;1H. The van der Waals surface area contributed by atoms with Crippen molar-refractivity contribution in [3.8, 4) is 0 Å². The van der Waals surface area contributed by atoms with Gasteiger partial charge in [-0.1, -0.05) is 11.6 Å². The Kier molecular flexibility index (Phi) is 5.21. The highest BCUT2D eigenvalue weighted by molar-refractivity contribution is 6.31. The van der Waals surface area contributed by atoms with Crippen molar-refractivity contribution in [3.05, 3.63) is 34.4 Å². The zero-order chi connectivity index (χ0) is 9.14. The average Bonchev–Trinajstić information content (AvgIpc) is 2.06. The maximum absolute atomic E-state index is 12.9. The van der Waals surface area contributed by atoms with Gasteiger partial charge in [-0.2, -0.15) is 0 Å². The summed E-state index contributed by atoms with van der Waals surface area (Å²) >= 11 is 5.52. The highest BCUT2D eigenvalue weighted by Crippen LogP contribution is 2.22. The Balaban J connectivity index is 0.00000144. The minimum absolute atomic E-state index is 0. The van der Waals surface area contributed by atoms with Gasteiger partial charge in [0.2, 0.25) is 0 Å². The summed E-state index contributed by atoms with van der Waals surface area (Å²) in [5.41, 5.74) is 0.166. The molecule has 1 N–H and O–H groups in total. The van der Waals surface area contributed by atoms with Crippen molar-refractivity contribution in [2.45, 2.75) is 6.54 Å². The zero-order valence-corrected chi connectivity index (χ0v) is 8.48. The second kappa shape index (κ2) is 5.37. The molecule has 0 bridgehead atoms. The van der Waals surface area contributed by atoms with E-state index in [2.05, 4.69) is 5.32 Å². The fourth-order valence-corrected chi connectivity index (χ4v) is 1.13. The van der Waals surface area contributed by atoms with E-state index < -0.39 is 11.6 Å². The lowest BCUT2D eigenvalue weighted by Gasteiger charge is -2.04. The Labute approximate surface area is 86.5 Å². The van der Waals surface area contributed by atoms with Crippen LogP contribution in [0, 0.1) is 11.6 Å². The number of benzene rings is 1. The highest BCUT2D eigenvalue weighted by atomic mass is 35.5. The lowest BCUT2D eigenvalue weighted by atomic mass is 10.2. The third-order valence-corrected chi connectivity index (χ3v) is 1.90. The van der Waals surface area contributed by atoms with Crippen LogP contribution in [0.1, 0.15) is 5.56 Å². The van der Waals surface area contributed by atoms with Crippen LogP contribution in [0.3, 0.4) is 0 Å². The number of hydrogen-bond acceptors (Lipinski definition) is 1. The molecule has 1 rings (SSSR count). The molecule has 0 spiro atoms. The smallest absolute Gasteiger partial charge is 0.142 e. The molecule has 0 unspecified atom stereocenters. The second-order valence-corrected chi connectivity index (χ2v) is 2.73. The molecule has 0 fully saturated rings. The normalized spacial score (nSPS) is 9.54. The molecule has 0 aliphatic heterocycles. The lowest BCUT2D eigenvalue weighted by molar-refractivity contribution is 0.578. The zero-order valence-electron chi connectivity index (χ0n) is 6.90. The number of hydrogen-bond donors (Lipinski definition) is 1. The van der Waals surface area contributed by atoms with Crippen LogP contribution in [0.25, 0.3) is 0 Å². The van der Waals surface area contributed by atoms with Crippen LogP contribution in [0.4, 0.5) is 8.78 Å². The predicted octanol–water partition coefficient (Wildman–Crippen LogP) is 2.76. The van der Waals surface area contributed by atoms with Gasteiger partial charge in [0.25, 0.3) is 0 Å². The molecular weight excluding hydrogens is 219 g/mol. The maximum Gasteiger partial charge on any atom is 0.142 e. The monoisotopic (exact) mass is 227 g/mol. The third kappa shape index (κ3) is 2.79. The van der Waals surface area contributed by atoms with Gasteiger partial charge in [0, 0.05) is 12.1 Å². The quantitative estimate of drug-likeness (QED) is 0.767. The fraction of sp³-hybridized carbons (Fsp3) is 0.250. The van der Waals surface area contributed by atoms with E-state index in [1.807, 2.05) is 0 Å². The third-order valence-electron chi connectivity index (χ3n) is 1.49. The summed E-state index contributed by atoms with van der Waals surface area (Å²) in [4.78, 5) is 0. The van der Waals surface area contributed by atoms with E-state index in [-0.39, 0.29) is 29.5 Å². The summed E-state index contributed by atoms with van der Waals surface area (Å²) in [5, 5.41) is 2.55. The molecule has 0 heterocycles. The van der Waals surface area contributed by atoms with E-state index >= 15 is 0 Å². The van der Waals surface area contributed by atoms with Crippen LogP contribution >= 0.6 is 24.0 Å². The van der Waals surface area contributed by atoms with Crippen LogP contribution in [-0.2, 0) is 6.54 Å².